The molecule has 21 heavy (non-hydrogen) atoms. The number of carbonyl (C=O) groups is 1. The Morgan fingerprint density at radius 1 is 1.14 bits per heavy atom. The molecule has 116 valence electrons. The third kappa shape index (κ3) is 1.79. The monoisotopic (exact) mass is 290 g/mol. The van der Waals surface area contributed by atoms with Gasteiger partial charge in [-0.25, -0.2) is 0 Å². The highest BCUT2D eigenvalue weighted by Crippen LogP contribution is 2.61. The van der Waals surface area contributed by atoms with Gasteiger partial charge in [0, 0.05) is 11.3 Å². The van der Waals surface area contributed by atoms with Crippen LogP contribution in [0.1, 0.15) is 65.2 Å². The number of esters is 1. The molecule has 2 saturated carbocycles. The number of rotatable bonds is 0. The lowest BCUT2D eigenvalue weighted by molar-refractivity contribution is -0.159. The van der Waals surface area contributed by atoms with Crippen LogP contribution in [0.25, 0.3) is 0 Å². The first-order chi connectivity index (χ1) is 9.94. The maximum atomic E-state index is 12.6. The summed E-state index contributed by atoms with van der Waals surface area (Å²) in [5.41, 5.74) is 1.70. The van der Waals surface area contributed by atoms with Crippen LogP contribution in [0.4, 0.5) is 0 Å². The van der Waals surface area contributed by atoms with Gasteiger partial charge in [0.1, 0.15) is 5.76 Å². The van der Waals surface area contributed by atoms with E-state index in [0.717, 1.165) is 25.0 Å². The standard InChI is InChI=1S/C18H26O3/c1-17-7-3-4-12(17)15-13(6-8-17)18(2)9-5-11(19)10-14(18)16(20)21-15/h11-12,14,19H,3-10H2,1-2H3/t11-,12-,14+,17-,18+/m0/s1. The zero-order chi connectivity index (χ0) is 14.8. The molecule has 1 heterocycles. The first kappa shape index (κ1) is 13.8. The Bertz CT molecular complexity index is 523. The molecule has 2 fully saturated rings. The van der Waals surface area contributed by atoms with Crippen molar-refractivity contribution >= 4 is 5.97 Å². The molecule has 3 heteroatoms. The van der Waals surface area contributed by atoms with Gasteiger partial charge in [-0.3, -0.25) is 4.79 Å². The minimum atomic E-state index is -0.335. The van der Waals surface area contributed by atoms with Gasteiger partial charge in [-0.1, -0.05) is 20.3 Å². The summed E-state index contributed by atoms with van der Waals surface area (Å²) >= 11 is 0. The van der Waals surface area contributed by atoms with Gasteiger partial charge in [0.05, 0.1) is 12.0 Å². The van der Waals surface area contributed by atoms with Crippen molar-refractivity contribution in [2.75, 3.05) is 0 Å². The van der Waals surface area contributed by atoms with E-state index in [9.17, 15) is 9.90 Å². The van der Waals surface area contributed by atoms with Crippen molar-refractivity contribution in [2.45, 2.75) is 71.3 Å². The van der Waals surface area contributed by atoms with Crippen LogP contribution in [-0.2, 0) is 9.53 Å². The van der Waals surface area contributed by atoms with Crippen LogP contribution < -0.4 is 0 Å². The van der Waals surface area contributed by atoms with E-state index in [4.69, 9.17) is 4.74 Å². The number of ether oxygens (including phenoxy) is 1. The van der Waals surface area contributed by atoms with Gasteiger partial charge >= 0.3 is 5.97 Å². The molecule has 0 amide bonds. The van der Waals surface area contributed by atoms with Crippen LogP contribution in [0.15, 0.2) is 11.3 Å². The quantitative estimate of drug-likeness (QED) is 0.694. The fourth-order valence-electron chi connectivity index (χ4n) is 5.61. The minimum Gasteiger partial charge on any atom is -0.431 e. The van der Waals surface area contributed by atoms with Gasteiger partial charge in [-0.2, -0.15) is 0 Å². The SMILES string of the molecule is C[C@@]12CCC[C@H]1C1=C(CC2)[C@@]2(C)CC[C@H](O)C[C@@H]2C(=O)O1. The Hall–Kier alpha value is -0.830. The van der Waals surface area contributed by atoms with Gasteiger partial charge in [0.15, 0.2) is 0 Å². The molecule has 0 spiro atoms. The molecular weight excluding hydrogens is 264 g/mol. The van der Waals surface area contributed by atoms with Gasteiger partial charge in [0.25, 0.3) is 0 Å². The lowest BCUT2D eigenvalue weighted by Gasteiger charge is -2.51. The normalized spacial score (nSPS) is 49.3. The van der Waals surface area contributed by atoms with Gasteiger partial charge in [-0.15, -0.1) is 0 Å². The Labute approximate surface area is 126 Å². The van der Waals surface area contributed by atoms with E-state index >= 15 is 0 Å². The molecule has 5 atom stereocenters. The van der Waals surface area contributed by atoms with Gasteiger partial charge in [0.2, 0.25) is 0 Å². The summed E-state index contributed by atoms with van der Waals surface area (Å²) in [6.07, 6.45) is 8.00. The summed E-state index contributed by atoms with van der Waals surface area (Å²) < 4.78 is 5.88. The zero-order valence-corrected chi connectivity index (χ0v) is 13.2. The van der Waals surface area contributed by atoms with E-state index in [1.165, 1.54) is 31.3 Å². The maximum absolute atomic E-state index is 12.6. The van der Waals surface area contributed by atoms with Crippen molar-refractivity contribution in [3.8, 4) is 0 Å². The number of hydrogen-bond acceptors (Lipinski definition) is 3. The molecule has 0 aromatic carbocycles. The predicted octanol–water partition coefficient (Wildman–Crippen LogP) is 3.56. The third-order valence-corrected chi connectivity index (χ3v) is 7.10. The molecule has 4 aliphatic rings. The predicted molar refractivity (Wildman–Crippen MR) is 79.3 cm³/mol. The average Bonchev–Trinajstić information content (AvgIpc) is 2.83. The zero-order valence-electron chi connectivity index (χ0n) is 13.2. The second-order valence-corrected chi connectivity index (χ2v) is 8.26. The highest BCUT2D eigenvalue weighted by atomic mass is 16.5. The minimum absolute atomic E-state index is 0.0617. The molecule has 1 N–H and O–H groups in total. The Morgan fingerprint density at radius 3 is 2.76 bits per heavy atom. The molecule has 0 bridgehead atoms. The molecule has 0 saturated heterocycles. The summed E-state index contributed by atoms with van der Waals surface area (Å²) in [7, 11) is 0. The molecule has 3 nitrogen and oxygen atoms in total. The van der Waals surface area contributed by atoms with Crippen LogP contribution >= 0.6 is 0 Å². The second-order valence-electron chi connectivity index (χ2n) is 8.26. The highest BCUT2D eigenvalue weighted by Gasteiger charge is 2.56. The number of aliphatic hydroxyl groups excluding tert-OH is 1. The van der Waals surface area contributed by atoms with Crippen molar-refractivity contribution in [1.82, 2.24) is 0 Å². The highest BCUT2D eigenvalue weighted by molar-refractivity contribution is 5.77. The van der Waals surface area contributed by atoms with E-state index in [2.05, 4.69) is 13.8 Å². The molecule has 0 aromatic heterocycles. The summed E-state index contributed by atoms with van der Waals surface area (Å²) in [5.74, 6) is 1.29. The van der Waals surface area contributed by atoms with Crippen LogP contribution in [0, 0.1) is 22.7 Å². The summed E-state index contributed by atoms with van der Waals surface area (Å²) in [6.45, 7) is 4.62. The summed E-state index contributed by atoms with van der Waals surface area (Å²) in [4.78, 5) is 12.6. The molecule has 0 aromatic rings. The van der Waals surface area contributed by atoms with E-state index in [-0.39, 0.29) is 23.4 Å². The molecule has 4 rings (SSSR count). The van der Waals surface area contributed by atoms with E-state index < -0.39 is 0 Å². The van der Waals surface area contributed by atoms with Crippen LogP contribution in [-0.4, -0.2) is 17.2 Å². The molecule has 0 unspecified atom stereocenters. The maximum Gasteiger partial charge on any atom is 0.315 e. The van der Waals surface area contributed by atoms with Gasteiger partial charge < -0.3 is 9.84 Å². The molecule has 0 radical (unpaired) electrons. The second kappa shape index (κ2) is 4.34. The molecule has 1 aliphatic heterocycles. The fourth-order valence-corrected chi connectivity index (χ4v) is 5.61. The van der Waals surface area contributed by atoms with Crippen LogP contribution in [0.3, 0.4) is 0 Å². The van der Waals surface area contributed by atoms with Crippen LogP contribution in [0.5, 0.6) is 0 Å². The number of hydrogen-bond donors (Lipinski definition) is 1. The Morgan fingerprint density at radius 2 is 1.95 bits per heavy atom. The van der Waals surface area contributed by atoms with E-state index in [1.807, 2.05) is 0 Å². The largest absolute Gasteiger partial charge is 0.431 e. The van der Waals surface area contributed by atoms with Crippen LogP contribution in [0.2, 0.25) is 0 Å². The fraction of sp³-hybridized carbons (Fsp3) is 0.833. The molecule has 3 aliphatic carbocycles. The summed E-state index contributed by atoms with van der Waals surface area (Å²) in [5, 5.41) is 9.94. The average molecular weight is 290 g/mol. The lowest BCUT2D eigenvalue weighted by atomic mass is 9.56. The van der Waals surface area contributed by atoms with Crippen molar-refractivity contribution in [3.05, 3.63) is 11.3 Å². The van der Waals surface area contributed by atoms with E-state index in [1.54, 1.807) is 0 Å². The topological polar surface area (TPSA) is 46.5 Å². The van der Waals surface area contributed by atoms with Crippen molar-refractivity contribution in [2.24, 2.45) is 22.7 Å². The van der Waals surface area contributed by atoms with Crippen molar-refractivity contribution in [3.63, 3.8) is 0 Å². The lowest BCUT2D eigenvalue weighted by Crippen LogP contribution is -2.49. The molecular formula is C18H26O3. The number of carbonyl (C=O) groups excluding carboxylic acids is 1. The van der Waals surface area contributed by atoms with E-state index in [0.29, 0.717) is 17.8 Å². The summed E-state index contributed by atoms with van der Waals surface area (Å²) in [6, 6.07) is 0. The Kier molecular flexibility index (Phi) is 2.86. The smallest absolute Gasteiger partial charge is 0.315 e. The van der Waals surface area contributed by atoms with Crippen molar-refractivity contribution < 1.29 is 14.6 Å². The number of aliphatic hydroxyl groups is 1. The number of allylic oxidation sites excluding steroid dienone is 2. The Balaban J connectivity index is 1.79. The third-order valence-electron chi connectivity index (χ3n) is 7.10. The van der Waals surface area contributed by atoms with Crippen molar-refractivity contribution in [1.29, 1.82) is 0 Å². The first-order valence-corrected chi connectivity index (χ1v) is 8.57. The first-order valence-electron chi connectivity index (χ1n) is 8.57. The number of fused-ring (bicyclic) bond motifs is 4. The van der Waals surface area contributed by atoms with Gasteiger partial charge in [-0.05, 0) is 55.9 Å².